The number of nitrogens with zero attached hydrogens (tertiary/aromatic N) is 1. The molecule has 2 fully saturated rings. The lowest BCUT2D eigenvalue weighted by Gasteiger charge is -2.58. The molecular formula is C7H12F2N2O. The summed E-state index contributed by atoms with van der Waals surface area (Å²) in [6.07, 6.45) is 0.894. The summed E-state index contributed by atoms with van der Waals surface area (Å²) in [5.41, 5.74) is -1.94. The first-order valence-electron chi connectivity index (χ1n) is 4.11. The van der Waals surface area contributed by atoms with Crippen LogP contribution in [0.2, 0.25) is 0 Å². The van der Waals surface area contributed by atoms with Crippen molar-refractivity contribution in [3.05, 3.63) is 0 Å². The summed E-state index contributed by atoms with van der Waals surface area (Å²) < 4.78 is 25.8. The molecule has 2 atom stereocenters. The van der Waals surface area contributed by atoms with Crippen molar-refractivity contribution in [1.82, 2.24) is 10.2 Å². The standard InChI is InChI=1S/C7H12F2N2O/c1-5-6(12,7(8,9)10-5)11-3-2-4-11/h5,10,12H,2-4H2,1H3. The van der Waals surface area contributed by atoms with E-state index in [1.54, 1.807) is 6.92 Å². The summed E-state index contributed by atoms with van der Waals surface area (Å²) in [6, 6.07) is -3.69. The Morgan fingerprint density at radius 2 is 2.08 bits per heavy atom. The Hall–Kier alpha value is -0.260. The van der Waals surface area contributed by atoms with Gasteiger partial charge in [0.05, 0.1) is 6.04 Å². The number of likely N-dealkylation sites (tertiary alicyclic amines) is 1. The van der Waals surface area contributed by atoms with Gasteiger partial charge in [-0.2, -0.15) is 8.78 Å². The highest BCUT2D eigenvalue weighted by Gasteiger charge is 2.69. The molecule has 0 aromatic rings. The van der Waals surface area contributed by atoms with Crippen molar-refractivity contribution in [2.24, 2.45) is 0 Å². The van der Waals surface area contributed by atoms with E-state index < -0.39 is 17.8 Å². The first kappa shape index (κ1) is 8.34. The average Bonchev–Trinajstić information content (AvgIpc) is 1.82. The molecule has 0 saturated carbocycles. The van der Waals surface area contributed by atoms with Crippen LogP contribution in [0.4, 0.5) is 8.78 Å². The molecule has 2 saturated heterocycles. The molecule has 2 aliphatic rings. The lowest BCUT2D eigenvalue weighted by atomic mass is 9.89. The van der Waals surface area contributed by atoms with Crippen LogP contribution < -0.4 is 5.32 Å². The molecule has 12 heavy (non-hydrogen) atoms. The molecule has 0 amide bonds. The van der Waals surface area contributed by atoms with Gasteiger partial charge in [0.1, 0.15) is 0 Å². The molecule has 70 valence electrons. The molecule has 2 aliphatic heterocycles. The van der Waals surface area contributed by atoms with Gasteiger partial charge in [0.15, 0.2) is 0 Å². The van der Waals surface area contributed by atoms with Gasteiger partial charge < -0.3 is 5.11 Å². The van der Waals surface area contributed by atoms with Crippen molar-refractivity contribution in [2.45, 2.75) is 31.2 Å². The smallest absolute Gasteiger partial charge is 0.346 e. The van der Waals surface area contributed by atoms with Gasteiger partial charge in [-0.15, -0.1) is 0 Å². The van der Waals surface area contributed by atoms with E-state index in [1.807, 2.05) is 5.32 Å². The second-order valence-electron chi connectivity index (χ2n) is 3.51. The van der Waals surface area contributed by atoms with E-state index in [0.29, 0.717) is 13.1 Å². The normalized spacial score (nSPS) is 46.5. The van der Waals surface area contributed by atoms with Crippen molar-refractivity contribution in [1.29, 1.82) is 0 Å². The van der Waals surface area contributed by atoms with Gasteiger partial charge >= 0.3 is 6.05 Å². The number of nitrogens with one attached hydrogen (secondary N) is 1. The monoisotopic (exact) mass is 178 g/mol. The lowest BCUT2D eigenvalue weighted by Crippen LogP contribution is -2.86. The van der Waals surface area contributed by atoms with Gasteiger partial charge in [-0.25, -0.2) is 5.32 Å². The van der Waals surface area contributed by atoms with Crippen LogP contribution in [-0.4, -0.2) is 40.9 Å². The minimum atomic E-state index is -3.15. The molecule has 2 N–H and O–H groups in total. The minimum Gasteiger partial charge on any atom is -0.368 e. The fourth-order valence-corrected chi connectivity index (χ4v) is 1.80. The number of alkyl halides is 2. The number of rotatable bonds is 1. The number of hydrogen-bond donors (Lipinski definition) is 2. The highest BCUT2D eigenvalue weighted by Crippen LogP contribution is 2.43. The first-order valence-corrected chi connectivity index (χ1v) is 4.11. The Balaban J connectivity index is 2.16. The Bertz CT molecular complexity index is 208. The number of halogens is 2. The molecule has 0 aliphatic carbocycles. The molecule has 0 aromatic heterocycles. The van der Waals surface area contributed by atoms with E-state index in [2.05, 4.69) is 0 Å². The topological polar surface area (TPSA) is 35.5 Å². The van der Waals surface area contributed by atoms with Crippen LogP contribution in [0.5, 0.6) is 0 Å². The van der Waals surface area contributed by atoms with Crippen molar-refractivity contribution in [3.8, 4) is 0 Å². The van der Waals surface area contributed by atoms with Crippen LogP contribution in [0.25, 0.3) is 0 Å². The van der Waals surface area contributed by atoms with E-state index in [1.165, 1.54) is 4.90 Å². The summed E-state index contributed by atoms with van der Waals surface area (Å²) in [7, 11) is 0. The van der Waals surface area contributed by atoms with E-state index in [-0.39, 0.29) is 0 Å². The van der Waals surface area contributed by atoms with Gasteiger partial charge in [-0.1, -0.05) is 0 Å². The van der Waals surface area contributed by atoms with E-state index in [4.69, 9.17) is 0 Å². The molecule has 5 heteroatoms. The van der Waals surface area contributed by atoms with Crippen LogP contribution in [0, 0.1) is 0 Å². The molecule has 0 spiro atoms. The second-order valence-corrected chi connectivity index (χ2v) is 3.51. The SMILES string of the molecule is CC1NC(F)(F)C1(O)N1CCC1. The maximum absolute atomic E-state index is 12.9. The summed E-state index contributed by atoms with van der Waals surface area (Å²) >= 11 is 0. The molecule has 2 unspecified atom stereocenters. The number of aliphatic hydroxyl groups is 1. The van der Waals surface area contributed by atoms with E-state index in [9.17, 15) is 13.9 Å². The highest BCUT2D eigenvalue weighted by atomic mass is 19.3. The maximum atomic E-state index is 12.9. The third-order valence-corrected chi connectivity index (χ3v) is 2.80. The number of hydrogen-bond acceptors (Lipinski definition) is 3. The average molecular weight is 178 g/mol. The summed E-state index contributed by atoms with van der Waals surface area (Å²) in [4.78, 5) is 1.42. The van der Waals surface area contributed by atoms with Crippen molar-refractivity contribution in [3.63, 3.8) is 0 Å². The largest absolute Gasteiger partial charge is 0.368 e. The Morgan fingerprint density at radius 1 is 1.50 bits per heavy atom. The molecular weight excluding hydrogens is 166 g/mol. The maximum Gasteiger partial charge on any atom is 0.346 e. The Morgan fingerprint density at radius 3 is 2.25 bits per heavy atom. The lowest BCUT2D eigenvalue weighted by molar-refractivity contribution is -0.356. The van der Waals surface area contributed by atoms with Crippen molar-refractivity contribution < 1.29 is 13.9 Å². The third-order valence-electron chi connectivity index (χ3n) is 2.80. The zero-order chi connectivity index (χ0) is 8.98. The fourth-order valence-electron chi connectivity index (χ4n) is 1.80. The van der Waals surface area contributed by atoms with Crippen molar-refractivity contribution >= 4 is 0 Å². The Labute approximate surface area is 69.4 Å². The summed E-state index contributed by atoms with van der Waals surface area (Å²) in [5, 5.41) is 11.6. The van der Waals surface area contributed by atoms with Crippen LogP contribution in [0.3, 0.4) is 0 Å². The highest BCUT2D eigenvalue weighted by molar-refractivity contribution is 5.10. The Kier molecular flexibility index (Phi) is 1.50. The zero-order valence-corrected chi connectivity index (χ0v) is 6.85. The molecule has 3 nitrogen and oxygen atoms in total. The van der Waals surface area contributed by atoms with E-state index in [0.717, 1.165) is 6.42 Å². The molecule has 0 radical (unpaired) electrons. The summed E-state index contributed by atoms with van der Waals surface area (Å²) in [6.45, 7) is 2.70. The summed E-state index contributed by atoms with van der Waals surface area (Å²) in [5.74, 6) is 0. The van der Waals surface area contributed by atoms with Crippen LogP contribution in [0.15, 0.2) is 0 Å². The quantitative estimate of drug-likeness (QED) is 0.553. The van der Waals surface area contributed by atoms with Gasteiger partial charge in [-0.05, 0) is 13.3 Å². The van der Waals surface area contributed by atoms with Crippen LogP contribution in [-0.2, 0) is 0 Å². The van der Waals surface area contributed by atoms with Crippen LogP contribution >= 0.6 is 0 Å². The van der Waals surface area contributed by atoms with Crippen molar-refractivity contribution in [2.75, 3.05) is 13.1 Å². The second kappa shape index (κ2) is 2.16. The van der Waals surface area contributed by atoms with Gasteiger partial charge in [0, 0.05) is 13.1 Å². The molecule has 0 bridgehead atoms. The van der Waals surface area contributed by atoms with E-state index >= 15 is 0 Å². The minimum absolute atomic E-state index is 0.548. The molecule has 0 aromatic carbocycles. The van der Waals surface area contributed by atoms with Gasteiger partial charge in [0.2, 0.25) is 5.72 Å². The third kappa shape index (κ3) is 0.739. The van der Waals surface area contributed by atoms with Crippen LogP contribution in [0.1, 0.15) is 13.3 Å². The molecule has 2 rings (SSSR count). The predicted molar refractivity (Wildman–Crippen MR) is 38.7 cm³/mol. The van der Waals surface area contributed by atoms with Gasteiger partial charge in [0.25, 0.3) is 0 Å². The van der Waals surface area contributed by atoms with Gasteiger partial charge in [-0.3, -0.25) is 4.90 Å². The fraction of sp³-hybridized carbons (Fsp3) is 1.00. The molecule has 2 heterocycles. The zero-order valence-electron chi connectivity index (χ0n) is 6.85. The first-order chi connectivity index (χ1) is 5.48. The predicted octanol–water partition coefficient (Wildman–Crippen LogP) is -0.0348.